The van der Waals surface area contributed by atoms with E-state index in [4.69, 9.17) is 5.84 Å². The molecule has 0 unspecified atom stereocenters. The van der Waals surface area contributed by atoms with Crippen molar-refractivity contribution in [1.29, 1.82) is 0 Å². The molecule has 3 N–H and O–H groups in total. The second-order valence-corrected chi connectivity index (χ2v) is 5.87. The monoisotopic (exact) mass is 297 g/mol. The van der Waals surface area contributed by atoms with E-state index in [1.807, 2.05) is 5.43 Å². The van der Waals surface area contributed by atoms with Gasteiger partial charge in [0.2, 0.25) is 0 Å². The predicted molar refractivity (Wildman–Crippen MR) is 77.7 cm³/mol. The molecule has 1 aliphatic carbocycles. The Morgan fingerprint density at radius 3 is 2.38 bits per heavy atom. The molecular formula is C15H21F2N3O. The number of anilines is 1. The van der Waals surface area contributed by atoms with Crippen LogP contribution in [0.1, 0.15) is 43.5 Å². The van der Waals surface area contributed by atoms with Crippen molar-refractivity contribution in [3.05, 3.63) is 29.3 Å². The van der Waals surface area contributed by atoms with Crippen molar-refractivity contribution in [2.75, 3.05) is 12.0 Å². The van der Waals surface area contributed by atoms with E-state index in [0.717, 1.165) is 31.4 Å². The van der Waals surface area contributed by atoms with Crippen LogP contribution in [0, 0.1) is 17.6 Å². The second kappa shape index (κ2) is 6.39. The number of nitrogens with two attached hydrogens (primary N) is 1. The second-order valence-electron chi connectivity index (χ2n) is 5.87. The van der Waals surface area contributed by atoms with Gasteiger partial charge in [-0.05, 0) is 37.3 Å². The standard InChI is InChI=1S/C15H21F2N3O/c1-9(2)5-6-20(11-3-4-11)15(21)10-7-12(16)14(19-18)13(17)8-10/h7-9,11,19H,3-6,18H2,1-2H3. The molecule has 1 aromatic rings. The van der Waals surface area contributed by atoms with Crippen molar-refractivity contribution in [2.45, 2.75) is 39.2 Å². The zero-order valence-corrected chi connectivity index (χ0v) is 12.3. The number of amides is 1. The van der Waals surface area contributed by atoms with E-state index in [9.17, 15) is 13.6 Å². The Morgan fingerprint density at radius 1 is 1.38 bits per heavy atom. The van der Waals surface area contributed by atoms with Crippen LogP contribution in [0.25, 0.3) is 0 Å². The Morgan fingerprint density at radius 2 is 1.95 bits per heavy atom. The molecule has 1 aliphatic rings. The van der Waals surface area contributed by atoms with Crippen LogP contribution < -0.4 is 11.3 Å². The molecule has 1 fully saturated rings. The number of rotatable bonds is 6. The van der Waals surface area contributed by atoms with E-state index < -0.39 is 17.3 Å². The van der Waals surface area contributed by atoms with Gasteiger partial charge in [-0.1, -0.05) is 13.8 Å². The molecule has 0 heterocycles. The number of nitrogen functional groups attached to an aromatic ring is 1. The van der Waals surface area contributed by atoms with Crippen LogP contribution in [-0.4, -0.2) is 23.4 Å². The van der Waals surface area contributed by atoms with Crippen molar-refractivity contribution in [1.82, 2.24) is 4.90 Å². The summed E-state index contributed by atoms with van der Waals surface area (Å²) in [6.45, 7) is 4.77. The number of hydrazine groups is 1. The number of halogens is 2. The number of hydrogen-bond acceptors (Lipinski definition) is 3. The minimum absolute atomic E-state index is 0.0275. The van der Waals surface area contributed by atoms with Crippen LogP contribution in [0.15, 0.2) is 12.1 Å². The van der Waals surface area contributed by atoms with Gasteiger partial charge in [-0.25, -0.2) is 8.78 Å². The number of carbonyl (C=O) groups is 1. The van der Waals surface area contributed by atoms with Gasteiger partial charge < -0.3 is 10.3 Å². The molecule has 1 amide bonds. The molecular weight excluding hydrogens is 276 g/mol. The van der Waals surface area contributed by atoms with Crippen LogP contribution in [-0.2, 0) is 0 Å². The van der Waals surface area contributed by atoms with Crippen molar-refractivity contribution in [2.24, 2.45) is 11.8 Å². The molecule has 6 heteroatoms. The molecule has 0 radical (unpaired) electrons. The van der Waals surface area contributed by atoms with Crippen molar-refractivity contribution in [3.63, 3.8) is 0 Å². The smallest absolute Gasteiger partial charge is 0.254 e. The Balaban J connectivity index is 2.20. The van der Waals surface area contributed by atoms with Crippen LogP contribution >= 0.6 is 0 Å². The molecule has 0 bridgehead atoms. The lowest BCUT2D eigenvalue weighted by atomic mass is 10.1. The fourth-order valence-electron chi connectivity index (χ4n) is 2.23. The predicted octanol–water partition coefficient (Wildman–Crippen LogP) is 2.90. The maximum Gasteiger partial charge on any atom is 0.254 e. The summed E-state index contributed by atoms with van der Waals surface area (Å²) in [5.74, 6) is 3.48. The van der Waals surface area contributed by atoms with Gasteiger partial charge in [-0.3, -0.25) is 10.6 Å². The summed E-state index contributed by atoms with van der Waals surface area (Å²) in [4.78, 5) is 14.2. The third-order valence-electron chi connectivity index (χ3n) is 3.63. The average Bonchev–Trinajstić information content (AvgIpc) is 3.22. The third kappa shape index (κ3) is 3.69. The number of hydrogen-bond donors (Lipinski definition) is 2. The average molecular weight is 297 g/mol. The Kier molecular flexibility index (Phi) is 4.77. The highest BCUT2D eigenvalue weighted by molar-refractivity contribution is 5.95. The maximum atomic E-state index is 13.7. The van der Waals surface area contributed by atoms with Crippen LogP contribution in [0.5, 0.6) is 0 Å². The molecule has 0 spiro atoms. The van der Waals surface area contributed by atoms with Gasteiger partial charge in [-0.2, -0.15) is 0 Å². The molecule has 0 atom stereocenters. The highest BCUT2D eigenvalue weighted by atomic mass is 19.1. The van der Waals surface area contributed by atoms with E-state index in [1.165, 1.54) is 0 Å². The minimum Gasteiger partial charge on any atom is -0.336 e. The lowest BCUT2D eigenvalue weighted by Gasteiger charge is -2.23. The van der Waals surface area contributed by atoms with Gasteiger partial charge in [0, 0.05) is 18.2 Å². The van der Waals surface area contributed by atoms with Gasteiger partial charge >= 0.3 is 0 Å². The van der Waals surface area contributed by atoms with Crippen molar-refractivity contribution < 1.29 is 13.6 Å². The fourth-order valence-corrected chi connectivity index (χ4v) is 2.23. The van der Waals surface area contributed by atoms with Crippen LogP contribution in [0.3, 0.4) is 0 Å². The molecule has 1 aromatic carbocycles. The third-order valence-corrected chi connectivity index (χ3v) is 3.63. The first-order valence-electron chi connectivity index (χ1n) is 7.20. The van der Waals surface area contributed by atoms with Crippen LogP contribution in [0.2, 0.25) is 0 Å². The van der Waals surface area contributed by atoms with E-state index >= 15 is 0 Å². The fraction of sp³-hybridized carbons (Fsp3) is 0.533. The summed E-state index contributed by atoms with van der Waals surface area (Å²) < 4.78 is 27.4. The van der Waals surface area contributed by atoms with E-state index in [0.29, 0.717) is 12.5 Å². The van der Waals surface area contributed by atoms with Gasteiger partial charge in [0.15, 0.2) is 11.6 Å². The molecule has 0 aliphatic heterocycles. The molecule has 0 aromatic heterocycles. The number of nitrogens with one attached hydrogen (secondary N) is 1. The lowest BCUT2D eigenvalue weighted by Crippen LogP contribution is -2.34. The summed E-state index contributed by atoms with van der Waals surface area (Å²) in [6, 6.07) is 2.27. The zero-order chi connectivity index (χ0) is 15.6. The molecule has 0 saturated heterocycles. The summed E-state index contributed by atoms with van der Waals surface area (Å²) in [5, 5.41) is 0. The van der Waals surface area contributed by atoms with Crippen molar-refractivity contribution >= 4 is 11.6 Å². The van der Waals surface area contributed by atoms with Gasteiger partial charge in [-0.15, -0.1) is 0 Å². The SMILES string of the molecule is CC(C)CCN(C(=O)c1cc(F)c(NN)c(F)c1)C1CC1. The van der Waals surface area contributed by atoms with Crippen LogP contribution in [0.4, 0.5) is 14.5 Å². The molecule has 116 valence electrons. The summed E-state index contributed by atoms with van der Waals surface area (Å²) >= 11 is 0. The maximum absolute atomic E-state index is 13.7. The largest absolute Gasteiger partial charge is 0.336 e. The first-order chi connectivity index (χ1) is 9.93. The van der Waals surface area contributed by atoms with E-state index in [2.05, 4.69) is 13.8 Å². The Bertz CT molecular complexity index is 507. The first kappa shape index (κ1) is 15.7. The molecule has 4 nitrogen and oxygen atoms in total. The normalized spacial score (nSPS) is 14.4. The minimum atomic E-state index is -0.861. The van der Waals surface area contributed by atoms with E-state index in [1.54, 1.807) is 4.90 Å². The topological polar surface area (TPSA) is 58.4 Å². The first-order valence-corrected chi connectivity index (χ1v) is 7.20. The summed E-state index contributed by atoms with van der Waals surface area (Å²) in [5.41, 5.74) is 1.56. The molecule has 21 heavy (non-hydrogen) atoms. The number of nitrogens with zero attached hydrogens (tertiary/aromatic N) is 1. The summed E-state index contributed by atoms with van der Waals surface area (Å²) in [7, 11) is 0. The lowest BCUT2D eigenvalue weighted by molar-refractivity contribution is 0.0734. The molecule has 1 saturated carbocycles. The number of carbonyl (C=O) groups excluding carboxylic acids is 1. The number of benzene rings is 1. The Labute approximate surface area is 123 Å². The summed E-state index contributed by atoms with van der Waals surface area (Å²) in [6.07, 6.45) is 2.78. The highest BCUT2D eigenvalue weighted by Crippen LogP contribution is 2.30. The Hall–Kier alpha value is -1.69. The van der Waals surface area contributed by atoms with Gasteiger partial charge in [0.25, 0.3) is 5.91 Å². The van der Waals surface area contributed by atoms with Gasteiger partial charge in [0.1, 0.15) is 5.69 Å². The quantitative estimate of drug-likeness (QED) is 0.627. The van der Waals surface area contributed by atoms with Gasteiger partial charge in [0.05, 0.1) is 0 Å². The highest BCUT2D eigenvalue weighted by Gasteiger charge is 2.33. The van der Waals surface area contributed by atoms with E-state index in [-0.39, 0.29) is 17.5 Å². The van der Waals surface area contributed by atoms with Crippen molar-refractivity contribution in [3.8, 4) is 0 Å². The zero-order valence-electron chi connectivity index (χ0n) is 12.3. The molecule has 2 rings (SSSR count).